The maximum Gasteiger partial charge on any atom is 0.182 e. The van der Waals surface area contributed by atoms with Gasteiger partial charge >= 0.3 is 0 Å². The van der Waals surface area contributed by atoms with Crippen molar-refractivity contribution in [3.05, 3.63) is 15.9 Å². The standard InChI is InChI=1S/C11H20N2S/c1-8(2)5-10-7-14-11(12)13(10)6-9(3)4/h7-9,12H,5-6H2,1-4H3. The van der Waals surface area contributed by atoms with Crippen LogP contribution in [0.2, 0.25) is 0 Å². The van der Waals surface area contributed by atoms with Gasteiger partial charge in [-0.05, 0) is 18.3 Å². The monoisotopic (exact) mass is 212 g/mol. The highest BCUT2D eigenvalue weighted by Gasteiger charge is 2.07. The third-order valence-electron chi connectivity index (χ3n) is 2.06. The minimum absolute atomic E-state index is 0.615. The van der Waals surface area contributed by atoms with Crippen LogP contribution in [0.4, 0.5) is 0 Å². The Morgan fingerprint density at radius 2 is 1.93 bits per heavy atom. The first-order valence-corrected chi connectivity index (χ1v) is 6.10. The minimum Gasteiger partial charge on any atom is -0.321 e. The topological polar surface area (TPSA) is 28.8 Å². The van der Waals surface area contributed by atoms with E-state index in [-0.39, 0.29) is 0 Å². The van der Waals surface area contributed by atoms with E-state index >= 15 is 0 Å². The molecule has 14 heavy (non-hydrogen) atoms. The molecule has 0 bridgehead atoms. The van der Waals surface area contributed by atoms with Crippen LogP contribution in [0.25, 0.3) is 0 Å². The van der Waals surface area contributed by atoms with Gasteiger partial charge in [0, 0.05) is 17.6 Å². The molecule has 0 aliphatic carbocycles. The van der Waals surface area contributed by atoms with Crippen LogP contribution < -0.4 is 4.80 Å². The van der Waals surface area contributed by atoms with Gasteiger partial charge in [-0.15, -0.1) is 11.3 Å². The Kier molecular flexibility index (Phi) is 3.93. The van der Waals surface area contributed by atoms with Crippen LogP contribution in [0.5, 0.6) is 0 Å². The van der Waals surface area contributed by atoms with Crippen molar-refractivity contribution in [2.45, 2.75) is 40.7 Å². The van der Waals surface area contributed by atoms with E-state index in [0.29, 0.717) is 16.6 Å². The number of nitrogens with one attached hydrogen (secondary N) is 1. The van der Waals surface area contributed by atoms with Crippen molar-refractivity contribution in [3.8, 4) is 0 Å². The molecule has 0 atom stereocenters. The molecule has 0 amide bonds. The molecule has 0 saturated heterocycles. The predicted octanol–water partition coefficient (Wildman–Crippen LogP) is 2.88. The van der Waals surface area contributed by atoms with Crippen LogP contribution in [0.15, 0.2) is 5.38 Å². The molecule has 1 heterocycles. The molecule has 2 nitrogen and oxygen atoms in total. The van der Waals surface area contributed by atoms with E-state index in [2.05, 4.69) is 37.6 Å². The Labute approximate surface area is 90.1 Å². The molecule has 0 radical (unpaired) electrons. The van der Waals surface area contributed by atoms with Crippen molar-refractivity contribution >= 4 is 11.3 Å². The zero-order valence-corrected chi connectivity index (χ0v) is 10.3. The third kappa shape index (κ3) is 2.98. The summed E-state index contributed by atoms with van der Waals surface area (Å²) in [5, 5.41) is 9.94. The van der Waals surface area contributed by atoms with E-state index in [1.807, 2.05) is 0 Å². The molecule has 1 aromatic rings. The highest BCUT2D eigenvalue weighted by atomic mass is 32.1. The molecule has 0 unspecified atom stereocenters. The number of aromatic nitrogens is 1. The van der Waals surface area contributed by atoms with Gasteiger partial charge in [0.1, 0.15) is 0 Å². The Morgan fingerprint density at radius 1 is 1.29 bits per heavy atom. The van der Waals surface area contributed by atoms with Gasteiger partial charge in [0.05, 0.1) is 0 Å². The zero-order valence-electron chi connectivity index (χ0n) is 9.50. The molecule has 0 spiro atoms. The fraction of sp³-hybridized carbons (Fsp3) is 0.727. The Bertz CT molecular complexity index is 333. The van der Waals surface area contributed by atoms with E-state index in [0.717, 1.165) is 13.0 Å². The van der Waals surface area contributed by atoms with Crippen molar-refractivity contribution in [3.63, 3.8) is 0 Å². The van der Waals surface area contributed by atoms with Gasteiger partial charge in [-0.1, -0.05) is 27.7 Å². The lowest BCUT2D eigenvalue weighted by Crippen LogP contribution is -2.20. The lowest BCUT2D eigenvalue weighted by Gasteiger charge is -2.12. The summed E-state index contributed by atoms with van der Waals surface area (Å²) in [6, 6.07) is 0. The van der Waals surface area contributed by atoms with Gasteiger partial charge in [0.25, 0.3) is 0 Å². The summed E-state index contributed by atoms with van der Waals surface area (Å²) in [6.07, 6.45) is 1.09. The molecular weight excluding hydrogens is 192 g/mol. The summed E-state index contributed by atoms with van der Waals surface area (Å²) in [6.45, 7) is 9.82. The number of nitrogens with zero attached hydrogens (tertiary/aromatic N) is 1. The molecule has 0 aliphatic heterocycles. The first kappa shape index (κ1) is 11.5. The highest BCUT2D eigenvalue weighted by Crippen LogP contribution is 2.10. The SMILES string of the molecule is CC(C)Cc1csc(=N)n1CC(C)C. The highest BCUT2D eigenvalue weighted by molar-refractivity contribution is 7.07. The summed E-state index contributed by atoms with van der Waals surface area (Å²) in [5.41, 5.74) is 1.32. The third-order valence-corrected chi connectivity index (χ3v) is 2.90. The van der Waals surface area contributed by atoms with Crippen LogP contribution in [0, 0.1) is 17.2 Å². The summed E-state index contributed by atoms with van der Waals surface area (Å²) in [7, 11) is 0. The summed E-state index contributed by atoms with van der Waals surface area (Å²) < 4.78 is 2.15. The second kappa shape index (κ2) is 4.78. The van der Waals surface area contributed by atoms with Gasteiger partial charge < -0.3 is 4.57 Å². The van der Waals surface area contributed by atoms with E-state index in [1.54, 1.807) is 11.3 Å². The Hall–Kier alpha value is -0.570. The molecule has 0 saturated carbocycles. The van der Waals surface area contributed by atoms with E-state index < -0.39 is 0 Å². The first-order chi connectivity index (χ1) is 6.50. The van der Waals surface area contributed by atoms with Gasteiger partial charge in [-0.3, -0.25) is 5.41 Å². The number of hydrogen-bond acceptors (Lipinski definition) is 2. The van der Waals surface area contributed by atoms with Crippen LogP contribution >= 0.6 is 11.3 Å². The van der Waals surface area contributed by atoms with Gasteiger partial charge in [0.2, 0.25) is 0 Å². The second-order valence-corrected chi connectivity index (χ2v) is 5.49. The van der Waals surface area contributed by atoms with E-state index in [4.69, 9.17) is 5.41 Å². The van der Waals surface area contributed by atoms with Crippen molar-refractivity contribution in [2.75, 3.05) is 0 Å². The molecular formula is C11H20N2S. The molecule has 0 aromatic carbocycles. The molecule has 0 aliphatic rings. The molecule has 1 aromatic heterocycles. The quantitative estimate of drug-likeness (QED) is 0.795. The summed E-state index contributed by atoms with van der Waals surface area (Å²) >= 11 is 1.54. The normalized spacial score (nSPS) is 11.6. The second-order valence-electron chi connectivity index (χ2n) is 4.63. The fourth-order valence-corrected chi connectivity index (χ4v) is 2.31. The fourth-order valence-electron chi connectivity index (χ4n) is 1.52. The molecule has 1 N–H and O–H groups in total. The first-order valence-electron chi connectivity index (χ1n) is 5.22. The van der Waals surface area contributed by atoms with Crippen molar-refractivity contribution in [1.82, 2.24) is 4.57 Å². The number of hydrogen-bond donors (Lipinski definition) is 1. The number of thiazole rings is 1. The number of rotatable bonds is 4. The van der Waals surface area contributed by atoms with Crippen molar-refractivity contribution in [2.24, 2.45) is 11.8 Å². The average molecular weight is 212 g/mol. The van der Waals surface area contributed by atoms with Gasteiger partial charge in [-0.25, -0.2) is 0 Å². The maximum absolute atomic E-state index is 7.81. The van der Waals surface area contributed by atoms with Gasteiger partial charge in [0.15, 0.2) is 4.80 Å². The smallest absolute Gasteiger partial charge is 0.182 e. The Balaban J connectivity index is 2.88. The molecule has 80 valence electrons. The van der Waals surface area contributed by atoms with Crippen molar-refractivity contribution < 1.29 is 0 Å². The molecule has 3 heteroatoms. The maximum atomic E-state index is 7.81. The average Bonchev–Trinajstić information content (AvgIpc) is 2.34. The molecule has 0 fully saturated rings. The lowest BCUT2D eigenvalue weighted by molar-refractivity contribution is 0.484. The van der Waals surface area contributed by atoms with Crippen LogP contribution in [-0.4, -0.2) is 4.57 Å². The van der Waals surface area contributed by atoms with E-state index in [1.165, 1.54) is 5.69 Å². The van der Waals surface area contributed by atoms with Crippen LogP contribution in [0.3, 0.4) is 0 Å². The van der Waals surface area contributed by atoms with Crippen LogP contribution in [-0.2, 0) is 13.0 Å². The summed E-state index contributed by atoms with van der Waals surface area (Å²) in [4.78, 5) is 0.689. The lowest BCUT2D eigenvalue weighted by atomic mass is 10.1. The van der Waals surface area contributed by atoms with E-state index in [9.17, 15) is 0 Å². The van der Waals surface area contributed by atoms with Gasteiger partial charge in [-0.2, -0.15) is 0 Å². The largest absolute Gasteiger partial charge is 0.321 e. The van der Waals surface area contributed by atoms with Crippen molar-refractivity contribution in [1.29, 1.82) is 5.41 Å². The summed E-state index contributed by atoms with van der Waals surface area (Å²) in [5.74, 6) is 1.28. The Morgan fingerprint density at radius 3 is 2.43 bits per heavy atom. The predicted molar refractivity (Wildman–Crippen MR) is 61.5 cm³/mol. The van der Waals surface area contributed by atoms with Crippen LogP contribution in [0.1, 0.15) is 33.4 Å². The zero-order chi connectivity index (χ0) is 10.7. The molecule has 1 rings (SSSR count). The minimum atomic E-state index is 0.615.